The molecule has 0 spiro atoms. The number of hydrogen-bond donors (Lipinski definition) is 2. The lowest BCUT2D eigenvalue weighted by Gasteiger charge is -2.27. The van der Waals surface area contributed by atoms with Crippen molar-refractivity contribution in [1.82, 2.24) is 0 Å². The highest BCUT2D eigenvalue weighted by Crippen LogP contribution is 2.53. The third-order valence-corrected chi connectivity index (χ3v) is 7.38. The quantitative estimate of drug-likeness (QED) is 0.558. The van der Waals surface area contributed by atoms with Gasteiger partial charge in [-0.2, -0.15) is 0 Å². The van der Waals surface area contributed by atoms with E-state index in [0.717, 1.165) is 30.6 Å². The average Bonchev–Trinajstić information content (AvgIpc) is 3.49. The number of aliphatic carboxylic acids is 1. The van der Waals surface area contributed by atoms with Crippen molar-refractivity contribution >= 4 is 34.2 Å². The SMILES string of the molecule is CCOC(=O)c1c(-c2ccc(OCC)cc2)csc1NC(=O)[C@@H]1[C@@H]2CC[C@@H](C2)[C@@H]1C(=O)O. The molecule has 1 heterocycles. The highest BCUT2D eigenvalue weighted by molar-refractivity contribution is 7.15. The highest BCUT2D eigenvalue weighted by Gasteiger charge is 2.54. The summed E-state index contributed by atoms with van der Waals surface area (Å²) in [6.45, 7) is 4.40. The fourth-order valence-electron chi connectivity index (χ4n) is 5.18. The number of carbonyl (C=O) groups is 3. The number of amides is 1. The van der Waals surface area contributed by atoms with Crippen LogP contribution in [0.2, 0.25) is 0 Å². The van der Waals surface area contributed by atoms with Crippen LogP contribution in [0, 0.1) is 23.7 Å². The normalized spacial score (nSPS) is 23.7. The lowest BCUT2D eigenvalue weighted by molar-refractivity contribution is -0.148. The Hall–Kier alpha value is -2.87. The van der Waals surface area contributed by atoms with E-state index in [9.17, 15) is 19.5 Å². The van der Waals surface area contributed by atoms with Gasteiger partial charge in [0, 0.05) is 10.9 Å². The number of esters is 1. The zero-order chi connectivity index (χ0) is 22.8. The molecule has 2 aliphatic rings. The zero-order valence-electron chi connectivity index (χ0n) is 18.1. The fraction of sp³-hybridized carbons (Fsp3) is 0.458. The summed E-state index contributed by atoms with van der Waals surface area (Å²) in [4.78, 5) is 37.8. The Bertz CT molecular complexity index is 1010. The first-order valence-electron chi connectivity index (χ1n) is 11.0. The predicted molar refractivity (Wildman–Crippen MR) is 121 cm³/mol. The van der Waals surface area contributed by atoms with Gasteiger partial charge in [-0.15, -0.1) is 11.3 Å². The first-order valence-corrected chi connectivity index (χ1v) is 11.9. The molecule has 8 heteroatoms. The molecule has 0 unspecified atom stereocenters. The molecule has 4 atom stereocenters. The van der Waals surface area contributed by atoms with Gasteiger partial charge in [0.15, 0.2) is 0 Å². The molecule has 0 aliphatic heterocycles. The van der Waals surface area contributed by atoms with E-state index in [1.54, 1.807) is 6.92 Å². The van der Waals surface area contributed by atoms with E-state index in [4.69, 9.17) is 9.47 Å². The molecule has 7 nitrogen and oxygen atoms in total. The molecule has 1 aromatic heterocycles. The molecule has 1 amide bonds. The summed E-state index contributed by atoms with van der Waals surface area (Å²) in [5.41, 5.74) is 1.76. The summed E-state index contributed by atoms with van der Waals surface area (Å²) in [6, 6.07) is 7.38. The molecule has 2 saturated carbocycles. The van der Waals surface area contributed by atoms with Crippen LogP contribution in [0.4, 0.5) is 5.00 Å². The van der Waals surface area contributed by atoms with Gasteiger partial charge in [0.1, 0.15) is 16.3 Å². The Morgan fingerprint density at radius 3 is 2.38 bits per heavy atom. The van der Waals surface area contributed by atoms with Crippen molar-refractivity contribution in [3.05, 3.63) is 35.2 Å². The summed E-state index contributed by atoms with van der Waals surface area (Å²) >= 11 is 1.24. The predicted octanol–water partition coefficient (Wildman–Crippen LogP) is 4.68. The molecule has 1 aromatic carbocycles. The van der Waals surface area contributed by atoms with Gasteiger partial charge in [0.2, 0.25) is 5.91 Å². The topological polar surface area (TPSA) is 102 Å². The van der Waals surface area contributed by atoms with Crippen molar-refractivity contribution in [1.29, 1.82) is 0 Å². The summed E-state index contributed by atoms with van der Waals surface area (Å²) < 4.78 is 10.8. The van der Waals surface area contributed by atoms with E-state index >= 15 is 0 Å². The number of anilines is 1. The second-order valence-corrected chi connectivity index (χ2v) is 9.12. The van der Waals surface area contributed by atoms with Gasteiger partial charge in [-0.25, -0.2) is 4.79 Å². The third kappa shape index (κ3) is 4.11. The van der Waals surface area contributed by atoms with Crippen LogP contribution in [0.3, 0.4) is 0 Å². The smallest absolute Gasteiger partial charge is 0.341 e. The van der Waals surface area contributed by atoms with Crippen LogP contribution in [0.5, 0.6) is 5.75 Å². The highest BCUT2D eigenvalue weighted by atomic mass is 32.1. The maximum Gasteiger partial charge on any atom is 0.341 e. The van der Waals surface area contributed by atoms with Gasteiger partial charge in [-0.3, -0.25) is 9.59 Å². The molecule has 2 N–H and O–H groups in total. The summed E-state index contributed by atoms with van der Waals surface area (Å²) in [5, 5.41) is 14.8. The van der Waals surface area contributed by atoms with Crippen molar-refractivity contribution in [2.75, 3.05) is 18.5 Å². The van der Waals surface area contributed by atoms with Crippen molar-refractivity contribution in [3.63, 3.8) is 0 Å². The first-order chi connectivity index (χ1) is 15.4. The number of carboxylic acids is 1. The molecular weight excluding hydrogens is 430 g/mol. The lowest BCUT2D eigenvalue weighted by atomic mass is 9.79. The number of carboxylic acid groups (broad SMARTS) is 1. The van der Waals surface area contributed by atoms with Crippen molar-refractivity contribution in [3.8, 4) is 16.9 Å². The first kappa shape index (κ1) is 22.3. The summed E-state index contributed by atoms with van der Waals surface area (Å²) in [5.74, 6) is -2.12. The maximum atomic E-state index is 13.2. The van der Waals surface area contributed by atoms with E-state index in [1.165, 1.54) is 11.3 Å². The molecule has 2 fully saturated rings. The Balaban J connectivity index is 1.63. The van der Waals surface area contributed by atoms with Gasteiger partial charge < -0.3 is 19.9 Å². The number of benzene rings is 1. The minimum atomic E-state index is -0.913. The van der Waals surface area contributed by atoms with Gasteiger partial charge in [0.05, 0.1) is 25.0 Å². The molecule has 2 bridgehead atoms. The molecule has 0 saturated heterocycles. The van der Waals surface area contributed by atoms with E-state index in [-0.39, 0.29) is 24.3 Å². The molecule has 2 aliphatic carbocycles. The number of rotatable bonds is 8. The Kier molecular flexibility index (Phi) is 6.50. The third-order valence-electron chi connectivity index (χ3n) is 6.49. The van der Waals surface area contributed by atoms with Crippen molar-refractivity contribution < 1.29 is 29.0 Å². The van der Waals surface area contributed by atoms with Crippen molar-refractivity contribution in [2.24, 2.45) is 23.7 Å². The Morgan fingerprint density at radius 2 is 1.75 bits per heavy atom. The van der Waals surface area contributed by atoms with Gasteiger partial charge in [-0.1, -0.05) is 12.1 Å². The van der Waals surface area contributed by atoms with E-state index in [0.29, 0.717) is 22.7 Å². The van der Waals surface area contributed by atoms with Crippen LogP contribution in [0.25, 0.3) is 11.1 Å². The number of thiophene rings is 1. The fourth-order valence-corrected chi connectivity index (χ4v) is 6.15. The van der Waals surface area contributed by atoms with E-state index < -0.39 is 23.8 Å². The molecular formula is C24H27NO6S. The lowest BCUT2D eigenvalue weighted by Crippen LogP contribution is -2.37. The Labute approximate surface area is 190 Å². The number of nitrogens with one attached hydrogen (secondary N) is 1. The van der Waals surface area contributed by atoms with E-state index in [2.05, 4.69) is 5.32 Å². The monoisotopic (exact) mass is 457 g/mol. The number of hydrogen-bond acceptors (Lipinski definition) is 6. The maximum absolute atomic E-state index is 13.2. The van der Waals surface area contributed by atoms with Gasteiger partial charge >= 0.3 is 11.9 Å². The second kappa shape index (κ2) is 9.32. The Morgan fingerprint density at radius 1 is 1.06 bits per heavy atom. The second-order valence-electron chi connectivity index (χ2n) is 8.24. The van der Waals surface area contributed by atoms with Crippen LogP contribution in [-0.4, -0.2) is 36.2 Å². The summed E-state index contributed by atoms with van der Waals surface area (Å²) in [6.07, 6.45) is 2.52. The number of ether oxygens (including phenoxy) is 2. The van der Waals surface area contributed by atoms with E-state index in [1.807, 2.05) is 36.6 Å². The number of fused-ring (bicyclic) bond motifs is 2. The number of carbonyl (C=O) groups excluding carboxylic acids is 2. The van der Waals surface area contributed by atoms with Crippen LogP contribution >= 0.6 is 11.3 Å². The van der Waals surface area contributed by atoms with Crippen molar-refractivity contribution in [2.45, 2.75) is 33.1 Å². The minimum absolute atomic E-state index is 0.0560. The largest absolute Gasteiger partial charge is 0.494 e. The van der Waals surface area contributed by atoms with Gasteiger partial charge in [-0.05, 0) is 62.6 Å². The molecule has 4 rings (SSSR count). The standard InChI is InChI=1S/C24H27NO6S/c1-3-30-16-9-7-13(8-10-16)17-12-32-22(20(17)24(29)31-4-2)25-21(26)18-14-5-6-15(11-14)19(18)23(27)28/h7-10,12,14-15,18-19H,3-6,11H2,1-2H3,(H,25,26)(H,27,28)/t14-,15+,18-,19+/m1/s1. The van der Waals surface area contributed by atoms with Crippen LogP contribution in [-0.2, 0) is 14.3 Å². The molecule has 170 valence electrons. The van der Waals surface area contributed by atoms with Gasteiger partial charge in [0.25, 0.3) is 0 Å². The average molecular weight is 458 g/mol. The molecule has 0 radical (unpaired) electrons. The zero-order valence-corrected chi connectivity index (χ0v) is 18.9. The van der Waals surface area contributed by atoms with Crippen LogP contribution in [0.1, 0.15) is 43.5 Å². The molecule has 2 aromatic rings. The van der Waals surface area contributed by atoms with Crippen LogP contribution in [0.15, 0.2) is 29.6 Å². The van der Waals surface area contributed by atoms with Crippen LogP contribution < -0.4 is 10.1 Å². The minimum Gasteiger partial charge on any atom is -0.494 e. The molecule has 32 heavy (non-hydrogen) atoms. The summed E-state index contributed by atoms with van der Waals surface area (Å²) in [7, 11) is 0.